The van der Waals surface area contributed by atoms with E-state index in [-0.39, 0.29) is 35.1 Å². The monoisotopic (exact) mass is 155 g/mol. The first-order chi connectivity index (χ1) is 3.13. The normalized spacial score (nSPS) is 7.12. The van der Waals surface area contributed by atoms with Crippen LogP contribution in [-0.2, 0) is 26.7 Å². The Hall–Kier alpha value is -0.271. The minimum absolute atomic E-state index is 0. The Bertz CT molecular complexity index is 86.6. The largest absolute Gasteiger partial charge is 0.339 e. The molecular formula is C5H7FeO2-. The molecule has 0 rings (SSSR count). The summed E-state index contributed by atoms with van der Waals surface area (Å²) in [6.07, 6.45) is -0.0278. The Morgan fingerprint density at radius 2 is 1.88 bits per heavy atom. The summed E-state index contributed by atoms with van der Waals surface area (Å²) in [5.41, 5.74) is 0. The maximum Gasteiger partial charge on any atom is 0.134 e. The third kappa shape index (κ3) is 9.21. The number of hydrogen-bond donors (Lipinski definition) is 0. The van der Waals surface area contributed by atoms with Crippen LogP contribution in [0.1, 0.15) is 13.3 Å². The van der Waals surface area contributed by atoms with Crippen LogP contribution in [0.3, 0.4) is 0 Å². The molecule has 0 bridgehead atoms. The van der Waals surface area contributed by atoms with E-state index in [2.05, 4.69) is 6.92 Å². The summed E-state index contributed by atoms with van der Waals surface area (Å²) in [5, 5.41) is 0. The molecule has 0 aliphatic rings. The fraction of sp³-hybridized carbons (Fsp3) is 0.400. The van der Waals surface area contributed by atoms with Crippen LogP contribution in [0.5, 0.6) is 0 Å². The van der Waals surface area contributed by atoms with Crippen molar-refractivity contribution in [3.63, 3.8) is 0 Å². The average molecular weight is 155 g/mol. The van der Waals surface area contributed by atoms with Crippen molar-refractivity contribution in [3.8, 4) is 0 Å². The van der Waals surface area contributed by atoms with E-state index in [1.54, 1.807) is 0 Å². The second kappa shape index (κ2) is 4.88. The van der Waals surface area contributed by atoms with Crippen molar-refractivity contribution < 1.29 is 26.7 Å². The Morgan fingerprint density at radius 1 is 1.50 bits per heavy atom. The molecular weight excluding hydrogens is 148 g/mol. The molecule has 0 aromatic carbocycles. The Morgan fingerprint density at radius 3 is 1.88 bits per heavy atom. The molecule has 2 nitrogen and oxygen atoms in total. The van der Waals surface area contributed by atoms with Gasteiger partial charge in [0.2, 0.25) is 0 Å². The van der Waals surface area contributed by atoms with E-state index in [9.17, 15) is 9.59 Å². The molecule has 0 heterocycles. The van der Waals surface area contributed by atoms with Crippen molar-refractivity contribution in [1.82, 2.24) is 0 Å². The third-order valence-electron chi connectivity index (χ3n) is 0.446. The number of hydrogen-bond acceptors (Lipinski definition) is 2. The fourth-order valence-corrected chi connectivity index (χ4v) is 0.278. The van der Waals surface area contributed by atoms with Gasteiger partial charge in [-0.1, -0.05) is 0 Å². The summed E-state index contributed by atoms with van der Waals surface area (Å²) in [6.45, 7) is 4.38. The molecule has 0 aliphatic heterocycles. The second-order valence-electron chi connectivity index (χ2n) is 1.42. The zero-order valence-electron chi connectivity index (χ0n) is 4.58. The van der Waals surface area contributed by atoms with Gasteiger partial charge in [0.25, 0.3) is 0 Å². The van der Waals surface area contributed by atoms with E-state index in [1.807, 2.05) is 0 Å². The summed E-state index contributed by atoms with van der Waals surface area (Å²) in [7, 11) is 0. The van der Waals surface area contributed by atoms with Gasteiger partial charge in [0.15, 0.2) is 0 Å². The molecule has 0 N–H and O–H groups in total. The van der Waals surface area contributed by atoms with Gasteiger partial charge in [-0.2, -0.15) is 0 Å². The number of ketones is 2. The van der Waals surface area contributed by atoms with Gasteiger partial charge in [0.05, 0.1) is 0 Å². The molecule has 0 aromatic heterocycles. The minimum atomic E-state index is -0.312. The van der Waals surface area contributed by atoms with Gasteiger partial charge in [-0.3, -0.25) is 4.79 Å². The van der Waals surface area contributed by atoms with E-state index in [4.69, 9.17) is 0 Å². The molecule has 0 saturated heterocycles. The summed E-state index contributed by atoms with van der Waals surface area (Å²) in [5.74, 6) is -0.437. The van der Waals surface area contributed by atoms with Crippen molar-refractivity contribution in [2.75, 3.05) is 0 Å². The van der Waals surface area contributed by atoms with E-state index in [0.29, 0.717) is 0 Å². The van der Waals surface area contributed by atoms with Crippen molar-refractivity contribution in [3.05, 3.63) is 6.92 Å². The summed E-state index contributed by atoms with van der Waals surface area (Å²) in [6, 6.07) is 0. The molecule has 0 unspecified atom stereocenters. The number of carbonyl (C=O) groups excluding carboxylic acids is 2. The van der Waals surface area contributed by atoms with Crippen LogP contribution in [0.25, 0.3) is 0 Å². The van der Waals surface area contributed by atoms with Gasteiger partial charge in [-0.25, -0.2) is 0 Å². The molecule has 48 valence electrons. The molecule has 0 amide bonds. The van der Waals surface area contributed by atoms with Crippen LogP contribution in [0.4, 0.5) is 0 Å². The second-order valence-corrected chi connectivity index (χ2v) is 1.42. The average Bonchev–Trinajstić information content (AvgIpc) is 1.27. The standard InChI is InChI=1S/C5H7O2.Fe/c1-4(6)3-5(2)7;/h1,3H2,2H3;/q-1;. The maximum atomic E-state index is 9.99. The smallest absolute Gasteiger partial charge is 0.134 e. The first-order valence-corrected chi connectivity index (χ1v) is 1.97. The van der Waals surface area contributed by atoms with E-state index >= 15 is 0 Å². The molecule has 3 heteroatoms. The molecule has 0 spiro atoms. The van der Waals surface area contributed by atoms with Gasteiger partial charge in [0, 0.05) is 29.3 Å². The van der Waals surface area contributed by atoms with Crippen LogP contribution in [0, 0.1) is 6.92 Å². The fourth-order valence-electron chi connectivity index (χ4n) is 0.278. The Kier molecular flexibility index (Phi) is 6.50. The van der Waals surface area contributed by atoms with Gasteiger partial charge < -0.3 is 11.7 Å². The predicted molar refractivity (Wildman–Crippen MR) is 25.7 cm³/mol. The predicted octanol–water partition coefficient (Wildman–Crippen LogP) is 0.366. The first-order valence-electron chi connectivity index (χ1n) is 1.97. The SMILES string of the molecule is [CH2-]C(=O)CC(C)=O.[Fe]. The van der Waals surface area contributed by atoms with Gasteiger partial charge in [-0.15, -0.1) is 0 Å². The van der Waals surface area contributed by atoms with Crippen LogP contribution in [-0.4, -0.2) is 11.6 Å². The van der Waals surface area contributed by atoms with Crippen molar-refractivity contribution in [2.24, 2.45) is 0 Å². The quantitative estimate of drug-likeness (QED) is 0.328. The molecule has 0 saturated carbocycles. The van der Waals surface area contributed by atoms with Crippen LogP contribution < -0.4 is 0 Å². The van der Waals surface area contributed by atoms with Crippen molar-refractivity contribution in [1.29, 1.82) is 0 Å². The molecule has 0 fully saturated rings. The Balaban J connectivity index is 0. The van der Waals surface area contributed by atoms with Crippen LogP contribution >= 0.6 is 0 Å². The number of rotatable bonds is 2. The zero-order valence-corrected chi connectivity index (χ0v) is 5.69. The van der Waals surface area contributed by atoms with E-state index in [0.717, 1.165) is 0 Å². The van der Waals surface area contributed by atoms with Gasteiger partial charge in [-0.05, 0) is 6.92 Å². The zero-order chi connectivity index (χ0) is 5.86. The number of Topliss-reactive ketones (excluding diaryl/α,β-unsaturated/α-hetero) is 2. The summed E-state index contributed by atoms with van der Waals surface area (Å²) < 4.78 is 0. The number of carbonyl (C=O) groups is 2. The topological polar surface area (TPSA) is 34.1 Å². The van der Waals surface area contributed by atoms with Crippen molar-refractivity contribution >= 4 is 11.6 Å². The van der Waals surface area contributed by atoms with Gasteiger partial charge in [0.1, 0.15) is 5.78 Å². The van der Waals surface area contributed by atoms with Crippen LogP contribution in [0.2, 0.25) is 0 Å². The van der Waals surface area contributed by atoms with Crippen molar-refractivity contribution in [2.45, 2.75) is 13.3 Å². The molecule has 0 radical (unpaired) electrons. The third-order valence-corrected chi connectivity index (χ3v) is 0.446. The Labute approximate surface area is 59.1 Å². The molecule has 8 heavy (non-hydrogen) atoms. The molecule has 0 atom stereocenters. The van der Waals surface area contributed by atoms with Crippen LogP contribution in [0.15, 0.2) is 0 Å². The van der Waals surface area contributed by atoms with Gasteiger partial charge >= 0.3 is 0 Å². The van der Waals surface area contributed by atoms with E-state index < -0.39 is 0 Å². The molecule has 0 aliphatic carbocycles. The maximum absolute atomic E-state index is 9.99. The summed E-state index contributed by atoms with van der Waals surface area (Å²) in [4.78, 5) is 19.9. The molecule has 0 aromatic rings. The summed E-state index contributed by atoms with van der Waals surface area (Å²) >= 11 is 0. The first kappa shape index (κ1) is 10.7. The van der Waals surface area contributed by atoms with E-state index in [1.165, 1.54) is 6.92 Å². The minimum Gasteiger partial charge on any atom is -0.339 e.